The number of aryl methyl sites for hydroxylation is 2. The van der Waals surface area contributed by atoms with Crippen LogP contribution < -0.4 is 24.4 Å². The van der Waals surface area contributed by atoms with Gasteiger partial charge in [-0.3, -0.25) is 14.3 Å². The normalized spacial score (nSPS) is 16.1. The van der Waals surface area contributed by atoms with Crippen LogP contribution in [0.5, 0.6) is 17.2 Å². The van der Waals surface area contributed by atoms with E-state index in [1.54, 1.807) is 21.7 Å². The van der Waals surface area contributed by atoms with Crippen molar-refractivity contribution in [3.63, 3.8) is 0 Å². The maximum atomic E-state index is 12.8. The second kappa shape index (κ2) is 8.02. The molecule has 1 unspecified atom stereocenters. The number of amides is 2. The van der Waals surface area contributed by atoms with Crippen LogP contribution in [0, 0.1) is 19.8 Å². The van der Waals surface area contributed by atoms with Crippen LogP contribution in [0.4, 0.5) is 11.4 Å². The molecule has 9 nitrogen and oxygen atoms in total. The molecular formula is C20H26N4O5. The quantitative estimate of drug-likeness (QED) is 0.795. The Bertz CT molecular complexity index is 928. The largest absolute Gasteiger partial charge is 0.493 e. The van der Waals surface area contributed by atoms with E-state index in [0.717, 1.165) is 11.4 Å². The van der Waals surface area contributed by atoms with Crippen molar-refractivity contribution in [3.8, 4) is 17.2 Å². The Balaban J connectivity index is 1.82. The lowest BCUT2D eigenvalue weighted by Gasteiger charge is -2.20. The molecular weight excluding hydrogens is 376 g/mol. The summed E-state index contributed by atoms with van der Waals surface area (Å²) in [6, 6.07) is 3.41. The van der Waals surface area contributed by atoms with Crippen molar-refractivity contribution < 1.29 is 23.8 Å². The summed E-state index contributed by atoms with van der Waals surface area (Å²) < 4.78 is 17.8. The Labute approximate surface area is 169 Å². The second-order valence-electron chi connectivity index (χ2n) is 6.95. The Morgan fingerprint density at radius 1 is 1.14 bits per heavy atom. The number of methoxy groups -OCH3 is 3. The molecule has 0 spiro atoms. The third-order valence-corrected chi connectivity index (χ3v) is 5.21. The number of carbonyl (C=O) groups is 2. The molecule has 0 bridgehead atoms. The zero-order valence-corrected chi connectivity index (χ0v) is 17.5. The molecule has 156 valence electrons. The van der Waals surface area contributed by atoms with E-state index in [2.05, 4.69) is 10.4 Å². The molecule has 2 amide bonds. The first-order valence-corrected chi connectivity index (χ1v) is 9.22. The topological polar surface area (TPSA) is 94.9 Å². The van der Waals surface area contributed by atoms with Crippen molar-refractivity contribution in [3.05, 3.63) is 23.5 Å². The maximum absolute atomic E-state index is 12.8. The van der Waals surface area contributed by atoms with Crippen LogP contribution in [0.15, 0.2) is 12.1 Å². The summed E-state index contributed by atoms with van der Waals surface area (Å²) in [4.78, 5) is 27.0. The van der Waals surface area contributed by atoms with Crippen molar-refractivity contribution in [1.82, 2.24) is 9.78 Å². The van der Waals surface area contributed by atoms with Gasteiger partial charge in [-0.05, 0) is 13.8 Å². The van der Waals surface area contributed by atoms with Gasteiger partial charge < -0.3 is 24.4 Å². The minimum atomic E-state index is -0.472. The molecule has 9 heteroatoms. The third-order valence-electron chi connectivity index (χ3n) is 5.21. The van der Waals surface area contributed by atoms with E-state index in [4.69, 9.17) is 14.2 Å². The van der Waals surface area contributed by atoms with E-state index in [9.17, 15) is 9.59 Å². The van der Waals surface area contributed by atoms with Crippen LogP contribution in [0.1, 0.15) is 17.8 Å². The van der Waals surface area contributed by atoms with Gasteiger partial charge in [-0.1, -0.05) is 0 Å². The molecule has 2 aromatic rings. The Hall–Kier alpha value is -3.23. The zero-order chi connectivity index (χ0) is 21.3. The lowest BCUT2D eigenvalue weighted by molar-refractivity contribution is -0.122. The highest BCUT2D eigenvalue weighted by molar-refractivity contribution is 6.04. The number of nitrogens with zero attached hydrogens (tertiary/aromatic N) is 3. The van der Waals surface area contributed by atoms with Crippen molar-refractivity contribution in [2.75, 3.05) is 38.1 Å². The van der Waals surface area contributed by atoms with Gasteiger partial charge in [0.2, 0.25) is 17.6 Å². The molecule has 1 saturated heterocycles. The summed E-state index contributed by atoms with van der Waals surface area (Å²) in [6.07, 6.45) is 0.126. The summed E-state index contributed by atoms with van der Waals surface area (Å²) in [5, 5.41) is 7.23. The van der Waals surface area contributed by atoms with Gasteiger partial charge in [0.25, 0.3) is 0 Å². The van der Waals surface area contributed by atoms with E-state index in [-0.39, 0.29) is 24.8 Å². The van der Waals surface area contributed by atoms with Gasteiger partial charge in [-0.25, -0.2) is 0 Å². The van der Waals surface area contributed by atoms with E-state index in [1.165, 1.54) is 21.3 Å². The predicted molar refractivity (Wildman–Crippen MR) is 108 cm³/mol. The zero-order valence-electron chi connectivity index (χ0n) is 17.5. The number of carbonyl (C=O) groups excluding carboxylic acids is 2. The van der Waals surface area contributed by atoms with Gasteiger partial charge in [0.15, 0.2) is 11.5 Å². The van der Waals surface area contributed by atoms with E-state index in [1.807, 2.05) is 20.9 Å². The number of anilines is 2. The summed E-state index contributed by atoms with van der Waals surface area (Å²) in [5.74, 6) is 0.530. The van der Waals surface area contributed by atoms with Crippen molar-refractivity contribution in [2.24, 2.45) is 13.0 Å². The number of benzene rings is 1. The van der Waals surface area contributed by atoms with Crippen molar-refractivity contribution >= 4 is 23.2 Å². The number of hydrogen-bond acceptors (Lipinski definition) is 6. The third kappa shape index (κ3) is 3.72. The summed E-state index contributed by atoms with van der Waals surface area (Å²) >= 11 is 0. The fourth-order valence-corrected chi connectivity index (χ4v) is 3.54. The molecule has 1 aliphatic heterocycles. The lowest BCUT2D eigenvalue weighted by atomic mass is 10.1. The van der Waals surface area contributed by atoms with Gasteiger partial charge >= 0.3 is 0 Å². The molecule has 1 aromatic heterocycles. The van der Waals surface area contributed by atoms with Crippen LogP contribution in [0.25, 0.3) is 0 Å². The number of ether oxygens (including phenoxy) is 3. The number of hydrogen-bond donors (Lipinski definition) is 1. The number of aromatic nitrogens is 2. The molecule has 1 aliphatic rings. The Morgan fingerprint density at radius 3 is 2.24 bits per heavy atom. The molecule has 29 heavy (non-hydrogen) atoms. The first kappa shape index (κ1) is 20.5. The van der Waals surface area contributed by atoms with Crippen LogP contribution in [0.2, 0.25) is 0 Å². The minimum absolute atomic E-state index is 0.126. The first-order valence-electron chi connectivity index (χ1n) is 9.22. The highest BCUT2D eigenvalue weighted by Crippen LogP contribution is 2.42. The fraction of sp³-hybridized carbons (Fsp3) is 0.450. The van der Waals surface area contributed by atoms with Gasteiger partial charge in [0.1, 0.15) is 0 Å². The molecule has 0 aliphatic carbocycles. The average Bonchev–Trinajstić information content (AvgIpc) is 3.21. The smallest absolute Gasteiger partial charge is 0.229 e. The first-order chi connectivity index (χ1) is 13.8. The highest BCUT2D eigenvalue weighted by atomic mass is 16.5. The van der Waals surface area contributed by atoms with Gasteiger partial charge in [-0.15, -0.1) is 0 Å². The van der Waals surface area contributed by atoms with E-state index >= 15 is 0 Å². The summed E-state index contributed by atoms with van der Waals surface area (Å²) in [7, 11) is 6.37. The maximum Gasteiger partial charge on any atom is 0.229 e. The standard InChI is InChI=1S/C20H26N4O5/c1-11-18(12(2)23(3)22-11)21-20(26)13-7-17(25)24(10-13)14-8-15(27-4)19(29-6)16(9-14)28-5/h8-9,13H,7,10H2,1-6H3,(H,21,26). The Morgan fingerprint density at radius 2 is 1.76 bits per heavy atom. The molecule has 1 atom stereocenters. The SMILES string of the molecule is COc1cc(N2CC(C(=O)Nc3c(C)nn(C)c3C)CC2=O)cc(OC)c1OC. The second-order valence-corrected chi connectivity index (χ2v) is 6.95. The van der Waals surface area contributed by atoms with Gasteiger partial charge in [-0.2, -0.15) is 5.10 Å². The molecule has 0 saturated carbocycles. The average molecular weight is 402 g/mol. The molecule has 0 radical (unpaired) electrons. The summed E-state index contributed by atoms with van der Waals surface area (Å²) in [5.41, 5.74) is 2.88. The van der Waals surface area contributed by atoms with Crippen molar-refractivity contribution in [2.45, 2.75) is 20.3 Å². The van der Waals surface area contributed by atoms with Crippen molar-refractivity contribution in [1.29, 1.82) is 0 Å². The minimum Gasteiger partial charge on any atom is -0.493 e. The summed E-state index contributed by atoms with van der Waals surface area (Å²) in [6.45, 7) is 3.99. The van der Waals surface area contributed by atoms with Gasteiger partial charge in [0, 0.05) is 32.1 Å². The molecule has 1 fully saturated rings. The van der Waals surface area contributed by atoms with Crippen LogP contribution in [0.3, 0.4) is 0 Å². The van der Waals surface area contributed by atoms with Crippen LogP contribution in [-0.4, -0.2) is 49.5 Å². The van der Waals surface area contributed by atoms with E-state index < -0.39 is 5.92 Å². The molecule has 1 N–H and O–H groups in total. The van der Waals surface area contributed by atoms with Crippen LogP contribution in [-0.2, 0) is 16.6 Å². The molecule has 2 heterocycles. The number of nitrogens with one attached hydrogen (secondary N) is 1. The van der Waals surface area contributed by atoms with Crippen LogP contribution >= 0.6 is 0 Å². The molecule has 1 aromatic carbocycles. The van der Waals surface area contributed by atoms with Gasteiger partial charge in [0.05, 0.1) is 50.0 Å². The molecule has 3 rings (SSSR count). The number of rotatable bonds is 6. The highest BCUT2D eigenvalue weighted by Gasteiger charge is 2.36. The van der Waals surface area contributed by atoms with E-state index in [0.29, 0.717) is 28.6 Å². The predicted octanol–water partition coefficient (Wildman–Crippen LogP) is 2.05. The Kier molecular flexibility index (Phi) is 5.67. The lowest BCUT2D eigenvalue weighted by Crippen LogP contribution is -2.28. The monoisotopic (exact) mass is 402 g/mol. The fourth-order valence-electron chi connectivity index (χ4n) is 3.54.